The first-order valence-corrected chi connectivity index (χ1v) is 16.5. The van der Waals surface area contributed by atoms with Crippen LogP contribution in [0.3, 0.4) is 0 Å². The van der Waals surface area contributed by atoms with Gasteiger partial charge in [0, 0.05) is 6.04 Å². The monoisotopic (exact) mass is 581 g/mol. The van der Waals surface area contributed by atoms with E-state index in [1.807, 2.05) is 13.8 Å². The summed E-state index contributed by atoms with van der Waals surface area (Å²) in [5.74, 6) is 2.73. The van der Waals surface area contributed by atoms with Crippen LogP contribution in [-0.4, -0.2) is 37.0 Å². The minimum Gasteiger partial charge on any atom is -0.488 e. The number of aromatic nitrogens is 2. The molecular formula is C33H48ClN3O2Si. The summed E-state index contributed by atoms with van der Waals surface area (Å²) in [6.07, 6.45) is 7.05. The molecule has 1 fully saturated rings. The highest BCUT2D eigenvalue weighted by atomic mass is 35.5. The molecule has 0 saturated carbocycles. The predicted octanol–water partition coefficient (Wildman–Crippen LogP) is 6.72. The highest BCUT2D eigenvalue weighted by Gasteiger charge is 2.50. The minimum atomic E-state index is -2.62. The fraction of sp³-hybridized carbons (Fsp3) is 0.515. The number of hydrogen-bond donors (Lipinski definition) is 1. The zero-order chi connectivity index (χ0) is 28.0. The lowest BCUT2D eigenvalue weighted by atomic mass is 9.82. The first-order chi connectivity index (χ1) is 18.6. The average molecular weight is 582 g/mol. The molecule has 40 heavy (non-hydrogen) atoms. The summed E-state index contributed by atoms with van der Waals surface area (Å²) in [5, 5.41) is 6.53. The van der Waals surface area contributed by atoms with Crippen LogP contribution in [0.25, 0.3) is 0 Å². The van der Waals surface area contributed by atoms with Crippen molar-refractivity contribution in [2.75, 3.05) is 6.61 Å². The van der Waals surface area contributed by atoms with Crippen molar-refractivity contribution in [3.8, 4) is 5.75 Å². The van der Waals surface area contributed by atoms with Crippen LogP contribution in [0.1, 0.15) is 79.6 Å². The molecule has 3 unspecified atom stereocenters. The Morgan fingerprint density at radius 2 is 1.43 bits per heavy atom. The van der Waals surface area contributed by atoms with E-state index in [0.29, 0.717) is 24.2 Å². The van der Waals surface area contributed by atoms with Crippen molar-refractivity contribution in [3.05, 3.63) is 78.9 Å². The van der Waals surface area contributed by atoms with E-state index in [9.17, 15) is 0 Å². The van der Waals surface area contributed by atoms with E-state index in [-0.39, 0.29) is 35.6 Å². The van der Waals surface area contributed by atoms with Crippen molar-refractivity contribution >= 4 is 31.1 Å². The van der Waals surface area contributed by atoms with Gasteiger partial charge in [0.25, 0.3) is 8.32 Å². The van der Waals surface area contributed by atoms with Crippen LogP contribution in [0.15, 0.2) is 73.1 Å². The Morgan fingerprint density at radius 3 is 1.90 bits per heavy atom. The maximum absolute atomic E-state index is 7.38. The molecular weight excluding hydrogens is 534 g/mol. The Bertz CT molecular complexity index is 1110. The molecule has 5 nitrogen and oxygen atoms in total. The molecule has 3 aromatic rings. The number of halogens is 1. The van der Waals surface area contributed by atoms with Crippen LogP contribution < -0.4 is 20.4 Å². The highest BCUT2D eigenvalue weighted by molar-refractivity contribution is 6.99. The molecule has 0 amide bonds. The Balaban J connectivity index is 0.00000441. The van der Waals surface area contributed by atoms with Gasteiger partial charge in [0.15, 0.2) is 5.75 Å². The summed E-state index contributed by atoms with van der Waals surface area (Å²) in [7, 11) is -2.62. The van der Waals surface area contributed by atoms with Crippen molar-refractivity contribution in [1.82, 2.24) is 15.3 Å². The van der Waals surface area contributed by atoms with Gasteiger partial charge in [-0.1, -0.05) is 95.3 Å². The summed E-state index contributed by atoms with van der Waals surface area (Å²) in [5.41, 5.74) is 0. The van der Waals surface area contributed by atoms with Crippen molar-refractivity contribution in [2.45, 2.75) is 91.0 Å². The number of piperidine rings is 1. The zero-order valence-corrected chi connectivity index (χ0v) is 27.1. The summed E-state index contributed by atoms with van der Waals surface area (Å²) in [6, 6.07) is 22.2. The van der Waals surface area contributed by atoms with E-state index in [4.69, 9.17) is 9.16 Å². The molecule has 1 aliphatic rings. The predicted molar refractivity (Wildman–Crippen MR) is 170 cm³/mol. The topological polar surface area (TPSA) is 56.3 Å². The number of nitrogens with one attached hydrogen (secondary N) is 1. The van der Waals surface area contributed by atoms with Gasteiger partial charge in [-0.15, -0.1) is 12.4 Å². The van der Waals surface area contributed by atoms with E-state index in [1.165, 1.54) is 16.8 Å². The summed E-state index contributed by atoms with van der Waals surface area (Å²) in [4.78, 5) is 9.38. The Hall–Kier alpha value is -2.25. The van der Waals surface area contributed by atoms with Crippen LogP contribution in [0.5, 0.6) is 5.75 Å². The third-order valence-corrected chi connectivity index (χ3v) is 12.8. The molecule has 1 N–H and O–H groups in total. The van der Waals surface area contributed by atoms with E-state index >= 15 is 0 Å². The third-order valence-electron chi connectivity index (χ3n) is 7.81. The largest absolute Gasteiger partial charge is 0.488 e. The number of rotatable bonds is 10. The molecule has 4 rings (SSSR count). The molecule has 0 bridgehead atoms. The fourth-order valence-electron chi connectivity index (χ4n) is 6.15. The average Bonchev–Trinajstić information content (AvgIpc) is 2.90. The van der Waals surface area contributed by atoms with E-state index in [0.717, 1.165) is 18.7 Å². The van der Waals surface area contributed by atoms with E-state index < -0.39 is 8.32 Å². The molecule has 218 valence electrons. The van der Waals surface area contributed by atoms with Gasteiger partial charge in [-0.25, -0.2) is 9.97 Å². The first-order valence-electron chi connectivity index (χ1n) is 14.6. The highest BCUT2D eigenvalue weighted by Crippen LogP contribution is 2.38. The van der Waals surface area contributed by atoms with Gasteiger partial charge in [0.05, 0.1) is 31.1 Å². The quantitative estimate of drug-likeness (QED) is 0.269. The van der Waals surface area contributed by atoms with Gasteiger partial charge in [-0.3, -0.25) is 0 Å². The molecule has 2 aromatic carbocycles. The van der Waals surface area contributed by atoms with Crippen molar-refractivity contribution in [3.63, 3.8) is 0 Å². The molecule has 1 saturated heterocycles. The Labute approximate surface area is 249 Å². The molecule has 0 spiro atoms. The molecule has 1 aliphatic heterocycles. The van der Waals surface area contributed by atoms with Crippen LogP contribution in [-0.2, 0) is 4.43 Å². The Kier molecular flexibility index (Phi) is 11.4. The number of benzene rings is 2. The van der Waals surface area contributed by atoms with E-state index in [1.54, 1.807) is 12.4 Å². The maximum atomic E-state index is 7.38. The molecule has 2 heterocycles. The van der Waals surface area contributed by atoms with Crippen molar-refractivity contribution in [1.29, 1.82) is 0 Å². The van der Waals surface area contributed by atoms with Gasteiger partial charge >= 0.3 is 0 Å². The normalized spacial score (nSPS) is 19.9. The SMILES string of the molecule is CC(C)CC1CCC(c2ncc(OC(C)C)cn2)NC1CO[Si](c1ccccc1)(c1ccccc1)C(C)(C)C.Cl. The van der Waals surface area contributed by atoms with E-state index in [2.05, 4.69) is 111 Å². The van der Waals surface area contributed by atoms with Gasteiger partial charge in [-0.2, -0.15) is 0 Å². The zero-order valence-electron chi connectivity index (χ0n) is 25.3. The van der Waals surface area contributed by atoms with Crippen molar-refractivity contribution < 1.29 is 9.16 Å². The summed E-state index contributed by atoms with van der Waals surface area (Å²) in [6.45, 7) is 16.4. The summed E-state index contributed by atoms with van der Waals surface area (Å²) >= 11 is 0. The number of ether oxygens (including phenoxy) is 1. The lowest BCUT2D eigenvalue weighted by molar-refractivity contribution is 0.136. The van der Waals surface area contributed by atoms with Gasteiger partial charge in [0.1, 0.15) is 5.82 Å². The molecule has 3 atom stereocenters. The van der Waals surface area contributed by atoms with Gasteiger partial charge in [-0.05, 0) is 60.4 Å². The maximum Gasteiger partial charge on any atom is 0.261 e. The standard InChI is InChI=1S/C33H47N3O2Si.ClH/c1-24(2)20-26-18-19-30(32-34-21-27(22-35-32)38-25(3)4)36-31(26)23-37-39(33(5,6)7,28-14-10-8-11-15-28)29-16-12-9-13-17-29;/h8-17,21-22,24-26,30-31,36H,18-20,23H2,1-7H3;1H. The molecule has 0 aliphatic carbocycles. The fourth-order valence-corrected chi connectivity index (χ4v) is 10.7. The molecule has 1 aromatic heterocycles. The second kappa shape index (κ2) is 14.1. The van der Waals surface area contributed by atoms with Gasteiger partial charge in [0.2, 0.25) is 0 Å². The Morgan fingerprint density at radius 1 is 0.875 bits per heavy atom. The minimum absolute atomic E-state index is 0. The summed E-state index contributed by atoms with van der Waals surface area (Å²) < 4.78 is 13.1. The lowest BCUT2D eigenvalue weighted by Crippen LogP contribution is -2.67. The second-order valence-corrected chi connectivity index (χ2v) is 17.0. The van der Waals surface area contributed by atoms with Crippen LogP contribution in [0, 0.1) is 11.8 Å². The van der Waals surface area contributed by atoms with Crippen LogP contribution >= 0.6 is 12.4 Å². The van der Waals surface area contributed by atoms with Crippen LogP contribution in [0.4, 0.5) is 0 Å². The first kappa shape index (κ1) is 32.3. The third kappa shape index (κ3) is 7.52. The van der Waals surface area contributed by atoms with Crippen molar-refractivity contribution in [2.24, 2.45) is 11.8 Å². The number of hydrogen-bond acceptors (Lipinski definition) is 5. The van der Waals surface area contributed by atoms with Crippen LogP contribution in [0.2, 0.25) is 5.04 Å². The lowest BCUT2D eigenvalue weighted by Gasteiger charge is -2.45. The molecule has 0 radical (unpaired) electrons. The molecule has 7 heteroatoms. The second-order valence-electron chi connectivity index (χ2n) is 12.7. The van der Waals surface area contributed by atoms with Gasteiger partial charge < -0.3 is 14.5 Å². The smallest absolute Gasteiger partial charge is 0.261 e. The number of nitrogens with zero attached hydrogens (tertiary/aromatic N) is 2.